The van der Waals surface area contributed by atoms with E-state index >= 15 is 0 Å². The minimum absolute atomic E-state index is 0.0226. The van der Waals surface area contributed by atoms with Gasteiger partial charge in [-0.15, -0.1) is 0 Å². The number of aromatic nitrogens is 2. The highest BCUT2D eigenvalue weighted by Gasteiger charge is 2.17. The van der Waals surface area contributed by atoms with Gasteiger partial charge >= 0.3 is 11.7 Å². The van der Waals surface area contributed by atoms with E-state index in [1.54, 1.807) is 20.2 Å². The fraction of sp³-hybridized carbons (Fsp3) is 0.222. The van der Waals surface area contributed by atoms with Crippen LogP contribution in [0.25, 0.3) is 11.0 Å². The molecule has 0 bridgehead atoms. The Bertz CT molecular complexity index is 1190. The Labute approximate surface area is 160 Å². The molecule has 1 heterocycles. The van der Waals surface area contributed by atoms with Crippen molar-refractivity contribution < 1.29 is 23.1 Å². The van der Waals surface area contributed by atoms with Crippen molar-refractivity contribution in [2.24, 2.45) is 14.1 Å². The lowest BCUT2D eigenvalue weighted by Gasteiger charge is -2.09. The minimum Gasteiger partial charge on any atom is -0.492 e. The standard InChI is InChI=1S/C18H19N3O6S/c1-20-15-8-7-14(11-16(15)21(2)18(20)24)28(25,26)19-9-10-27-13-5-3-12(4-6-13)17(22)23/h3-8,11,19H,9-10H2,1-2H3,(H,22,23). The summed E-state index contributed by atoms with van der Waals surface area (Å²) < 4.78 is 35.7. The van der Waals surface area contributed by atoms with Crippen molar-refractivity contribution in [2.75, 3.05) is 13.2 Å². The van der Waals surface area contributed by atoms with Gasteiger partial charge in [-0.1, -0.05) is 0 Å². The molecule has 10 heteroatoms. The number of rotatable bonds is 7. The third kappa shape index (κ3) is 3.78. The molecule has 0 aliphatic carbocycles. The third-order valence-corrected chi connectivity index (χ3v) is 5.78. The Balaban J connectivity index is 1.65. The van der Waals surface area contributed by atoms with E-state index in [1.165, 1.54) is 45.5 Å². The van der Waals surface area contributed by atoms with E-state index in [9.17, 15) is 18.0 Å². The van der Waals surface area contributed by atoms with Gasteiger partial charge in [0, 0.05) is 20.6 Å². The van der Waals surface area contributed by atoms with E-state index < -0.39 is 16.0 Å². The molecule has 0 saturated heterocycles. The Kier molecular flexibility index (Phi) is 5.25. The number of sulfonamides is 1. The molecule has 0 spiro atoms. The molecule has 0 aliphatic heterocycles. The predicted molar refractivity (Wildman–Crippen MR) is 102 cm³/mol. The van der Waals surface area contributed by atoms with Crippen LogP contribution >= 0.6 is 0 Å². The molecule has 3 rings (SSSR count). The molecule has 0 amide bonds. The molecule has 0 atom stereocenters. The van der Waals surface area contributed by atoms with Crippen molar-refractivity contribution in [2.45, 2.75) is 4.90 Å². The second-order valence-electron chi connectivity index (χ2n) is 6.13. The zero-order valence-corrected chi connectivity index (χ0v) is 16.1. The van der Waals surface area contributed by atoms with Crippen LogP contribution in [-0.4, -0.2) is 41.8 Å². The van der Waals surface area contributed by atoms with Crippen molar-refractivity contribution in [1.29, 1.82) is 0 Å². The van der Waals surface area contributed by atoms with Crippen molar-refractivity contribution in [3.63, 3.8) is 0 Å². The number of aromatic carboxylic acids is 1. The lowest BCUT2D eigenvalue weighted by Crippen LogP contribution is -2.28. The normalized spacial score (nSPS) is 11.6. The highest BCUT2D eigenvalue weighted by molar-refractivity contribution is 7.89. The minimum atomic E-state index is -3.78. The van der Waals surface area contributed by atoms with Gasteiger partial charge in [-0.2, -0.15) is 0 Å². The Morgan fingerprint density at radius 1 is 1.07 bits per heavy atom. The van der Waals surface area contributed by atoms with Gasteiger partial charge < -0.3 is 9.84 Å². The van der Waals surface area contributed by atoms with Gasteiger partial charge in [0.05, 0.1) is 21.5 Å². The zero-order valence-electron chi connectivity index (χ0n) is 15.2. The molecule has 0 aliphatic rings. The molecule has 28 heavy (non-hydrogen) atoms. The first kappa shape index (κ1) is 19.6. The molecular formula is C18H19N3O6S. The first-order chi connectivity index (χ1) is 13.2. The number of carboxylic acid groups (broad SMARTS) is 1. The first-order valence-electron chi connectivity index (χ1n) is 8.32. The van der Waals surface area contributed by atoms with E-state index in [0.29, 0.717) is 16.8 Å². The third-order valence-electron chi connectivity index (χ3n) is 4.32. The molecule has 2 aromatic carbocycles. The molecule has 1 aromatic heterocycles. The Hall–Kier alpha value is -3.11. The highest BCUT2D eigenvalue weighted by Crippen LogP contribution is 2.17. The summed E-state index contributed by atoms with van der Waals surface area (Å²) in [7, 11) is -0.573. The first-order valence-corrected chi connectivity index (χ1v) is 9.80. The van der Waals surface area contributed by atoms with Gasteiger partial charge in [-0.05, 0) is 42.5 Å². The molecule has 0 saturated carbocycles. The summed E-state index contributed by atoms with van der Waals surface area (Å²) in [6.07, 6.45) is 0. The van der Waals surface area contributed by atoms with E-state index in [0.717, 1.165) is 0 Å². The van der Waals surface area contributed by atoms with Crippen LogP contribution in [0.3, 0.4) is 0 Å². The summed E-state index contributed by atoms with van der Waals surface area (Å²) in [5.74, 6) is -0.600. The van der Waals surface area contributed by atoms with Crippen molar-refractivity contribution in [1.82, 2.24) is 13.9 Å². The second kappa shape index (κ2) is 7.49. The number of fused-ring (bicyclic) bond motifs is 1. The van der Waals surface area contributed by atoms with Gasteiger partial charge in [-0.3, -0.25) is 9.13 Å². The van der Waals surface area contributed by atoms with Gasteiger partial charge in [0.1, 0.15) is 12.4 Å². The molecule has 9 nitrogen and oxygen atoms in total. The lowest BCUT2D eigenvalue weighted by atomic mass is 10.2. The summed E-state index contributed by atoms with van der Waals surface area (Å²) in [5, 5.41) is 8.85. The van der Waals surface area contributed by atoms with E-state index in [1.807, 2.05) is 0 Å². The number of benzene rings is 2. The van der Waals surface area contributed by atoms with E-state index in [-0.39, 0.29) is 29.3 Å². The number of hydrogen-bond acceptors (Lipinski definition) is 5. The van der Waals surface area contributed by atoms with Crippen LogP contribution in [0.1, 0.15) is 10.4 Å². The largest absolute Gasteiger partial charge is 0.492 e. The molecule has 0 radical (unpaired) electrons. The van der Waals surface area contributed by atoms with Gasteiger partial charge in [0.25, 0.3) is 0 Å². The van der Waals surface area contributed by atoms with Crippen molar-refractivity contribution in [3.8, 4) is 5.75 Å². The molecule has 2 N–H and O–H groups in total. The molecule has 148 valence electrons. The highest BCUT2D eigenvalue weighted by atomic mass is 32.2. The van der Waals surface area contributed by atoms with Crippen LogP contribution in [0.4, 0.5) is 0 Å². The summed E-state index contributed by atoms with van der Waals surface area (Å²) in [6.45, 7) is 0.0898. The number of nitrogens with zero attached hydrogens (tertiary/aromatic N) is 2. The second-order valence-corrected chi connectivity index (χ2v) is 7.89. The number of carbonyl (C=O) groups is 1. The fourth-order valence-corrected chi connectivity index (χ4v) is 3.81. The van der Waals surface area contributed by atoms with E-state index in [2.05, 4.69) is 4.72 Å². The number of aryl methyl sites for hydroxylation is 2. The van der Waals surface area contributed by atoms with Crippen molar-refractivity contribution in [3.05, 3.63) is 58.5 Å². The topological polar surface area (TPSA) is 120 Å². The maximum atomic E-state index is 12.5. The smallest absolute Gasteiger partial charge is 0.335 e. The zero-order chi connectivity index (χ0) is 20.5. The molecule has 0 fully saturated rings. The summed E-state index contributed by atoms with van der Waals surface area (Å²) >= 11 is 0. The Morgan fingerprint density at radius 2 is 1.71 bits per heavy atom. The van der Waals surface area contributed by atoms with Crippen molar-refractivity contribution >= 4 is 27.0 Å². The van der Waals surface area contributed by atoms with Crippen LogP contribution in [0.15, 0.2) is 52.2 Å². The van der Waals surface area contributed by atoms with E-state index in [4.69, 9.17) is 9.84 Å². The fourth-order valence-electron chi connectivity index (χ4n) is 2.78. The average molecular weight is 405 g/mol. The number of imidazole rings is 1. The summed E-state index contributed by atoms with van der Waals surface area (Å²) in [5.41, 5.74) is 1.06. The van der Waals surface area contributed by atoms with Crippen LogP contribution in [-0.2, 0) is 24.1 Å². The quantitative estimate of drug-likeness (QED) is 0.565. The van der Waals surface area contributed by atoms with Gasteiger partial charge in [-0.25, -0.2) is 22.7 Å². The average Bonchev–Trinajstić information content (AvgIpc) is 2.89. The van der Waals surface area contributed by atoms with Crippen LogP contribution < -0.4 is 15.1 Å². The maximum absolute atomic E-state index is 12.5. The van der Waals surface area contributed by atoms with Gasteiger partial charge in [0.15, 0.2) is 0 Å². The number of carboxylic acids is 1. The van der Waals surface area contributed by atoms with Crippen LogP contribution in [0.2, 0.25) is 0 Å². The number of hydrogen-bond donors (Lipinski definition) is 2. The lowest BCUT2D eigenvalue weighted by molar-refractivity contribution is 0.0697. The summed E-state index contributed by atoms with van der Waals surface area (Å²) in [6, 6.07) is 10.3. The number of nitrogens with one attached hydrogen (secondary N) is 1. The monoisotopic (exact) mass is 405 g/mol. The summed E-state index contributed by atoms with van der Waals surface area (Å²) in [4.78, 5) is 22.8. The molecular weight excluding hydrogens is 386 g/mol. The SMILES string of the molecule is Cn1c(=O)n(C)c2cc(S(=O)(=O)NCCOc3ccc(C(=O)O)cc3)ccc21. The molecule has 3 aromatic rings. The Morgan fingerprint density at radius 3 is 2.36 bits per heavy atom. The predicted octanol–water partition coefficient (Wildman–Crippen LogP) is 0.932. The molecule has 0 unspecified atom stereocenters. The van der Waals surface area contributed by atoms with Crippen LogP contribution in [0, 0.1) is 0 Å². The maximum Gasteiger partial charge on any atom is 0.335 e. The van der Waals surface area contributed by atoms with Gasteiger partial charge in [0.2, 0.25) is 10.0 Å². The number of ether oxygens (including phenoxy) is 1. The van der Waals surface area contributed by atoms with Crippen LogP contribution in [0.5, 0.6) is 5.75 Å².